The van der Waals surface area contributed by atoms with Crippen molar-refractivity contribution in [2.24, 2.45) is 5.92 Å². The molecule has 0 amide bonds. The van der Waals surface area contributed by atoms with Crippen LogP contribution in [0.25, 0.3) is 0 Å². The summed E-state index contributed by atoms with van der Waals surface area (Å²) in [6, 6.07) is 8.44. The zero-order chi connectivity index (χ0) is 19.6. The normalized spacial score (nSPS) is 15.0. The Bertz CT molecular complexity index is 580. The molecule has 0 aliphatic heterocycles. The minimum Gasteiger partial charge on any atom is -0.309 e. The van der Waals surface area contributed by atoms with Crippen molar-refractivity contribution in [1.29, 1.82) is 0 Å². The fourth-order valence-electron chi connectivity index (χ4n) is 2.90. The Kier molecular flexibility index (Phi) is 10.4. The van der Waals surface area contributed by atoms with Crippen LogP contribution in [0.2, 0.25) is 0 Å². The van der Waals surface area contributed by atoms with E-state index in [0.717, 1.165) is 31.2 Å². The smallest absolute Gasteiger partial charge is 0.309 e. The summed E-state index contributed by atoms with van der Waals surface area (Å²) >= 11 is 0. The molecule has 0 fully saturated rings. The Morgan fingerprint density at radius 2 is 1.69 bits per heavy atom. The molecule has 4 nitrogen and oxygen atoms in total. The summed E-state index contributed by atoms with van der Waals surface area (Å²) < 4.78 is 22.1. The second-order valence-electron chi connectivity index (χ2n) is 7.36. The Balaban J connectivity index is 2.29. The number of carbonyl (C=O) groups excluding carboxylic acids is 1. The summed E-state index contributed by atoms with van der Waals surface area (Å²) in [5.74, 6) is 0.852. The van der Waals surface area contributed by atoms with Crippen LogP contribution in [0.1, 0.15) is 70.4 Å². The largest absolute Gasteiger partial charge is 0.327 e. The lowest BCUT2D eigenvalue weighted by atomic mass is 9.92. The second kappa shape index (κ2) is 11.7. The van der Waals surface area contributed by atoms with Gasteiger partial charge in [-0.05, 0) is 43.2 Å². The minimum absolute atomic E-state index is 0.0619. The molecule has 0 spiro atoms. The van der Waals surface area contributed by atoms with E-state index in [1.807, 2.05) is 6.92 Å². The molecular formula is C21H35O4P. The Labute approximate surface area is 159 Å². The van der Waals surface area contributed by atoms with Crippen molar-refractivity contribution in [2.75, 3.05) is 19.9 Å². The topological polar surface area (TPSA) is 52.6 Å². The molecule has 1 aromatic rings. The van der Waals surface area contributed by atoms with Gasteiger partial charge in [0.1, 0.15) is 5.78 Å². The summed E-state index contributed by atoms with van der Waals surface area (Å²) in [7, 11) is -2.90. The monoisotopic (exact) mass is 382 g/mol. The maximum atomic E-state index is 12.4. The van der Waals surface area contributed by atoms with Gasteiger partial charge in [0.05, 0.1) is 13.2 Å². The lowest BCUT2D eigenvalue weighted by Crippen LogP contribution is -2.09. The Morgan fingerprint density at radius 1 is 1.04 bits per heavy atom. The first-order valence-electron chi connectivity index (χ1n) is 9.73. The van der Waals surface area contributed by atoms with E-state index in [1.165, 1.54) is 12.2 Å². The first-order valence-corrected chi connectivity index (χ1v) is 11.7. The number of hydrogen-bond donors (Lipinski definition) is 0. The van der Waals surface area contributed by atoms with Gasteiger partial charge in [0.25, 0.3) is 0 Å². The first-order chi connectivity index (χ1) is 12.2. The van der Waals surface area contributed by atoms with Crippen LogP contribution in [-0.2, 0) is 24.8 Å². The summed E-state index contributed by atoms with van der Waals surface area (Å²) in [5.41, 5.74) is 2.41. The van der Waals surface area contributed by atoms with E-state index in [9.17, 15) is 9.36 Å². The van der Waals surface area contributed by atoms with Gasteiger partial charge in [-0.15, -0.1) is 0 Å². The summed E-state index contributed by atoms with van der Waals surface area (Å²) in [5, 5.41) is 0. The van der Waals surface area contributed by atoms with E-state index in [2.05, 4.69) is 38.1 Å². The molecule has 2 atom stereocenters. The zero-order valence-corrected chi connectivity index (χ0v) is 17.9. The van der Waals surface area contributed by atoms with Gasteiger partial charge in [-0.3, -0.25) is 9.36 Å². The van der Waals surface area contributed by atoms with Crippen molar-refractivity contribution in [3.8, 4) is 0 Å². The van der Waals surface area contributed by atoms with Gasteiger partial charge in [-0.25, -0.2) is 0 Å². The van der Waals surface area contributed by atoms with Gasteiger partial charge in [0, 0.05) is 19.0 Å². The minimum atomic E-state index is -2.90. The second-order valence-corrected chi connectivity index (χ2v) is 9.42. The van der Waals surface area contributed by atoms with Crippen molar-refractivity contribution in [3.63, 3.8) is 0 Å². The fraction of sp³-hybridized carbons (Fsp3) is 0.667. The van der Waals surface area contributed by atoms with Crippen LogP contribution in [0.5, 0.6) is 0 Å². The van der Waals surface area contributed by atoms with Crippen LogP contribution in [0.4, 0.5) is 0 Å². The molecule has 0 heterocycles. The summed E-state index contributed by atoms with van der Waals surface area (Å²) in [6.45, 7) is 10.5. The van der Waals surface area contributed by atoms with Crippen LogP contribution in [0.15, 0.2) is 24.3 Å². The Hall–Kier alpha value is -0.960. The fourth-order valence-corrected chi connectivity index (χ4v) is 3.90. The van der Waals surface area contributed by atoms with E-state index in [1.54, 1.807) is 6.92 Å². The molecule has 1 aromatic carbocycles. The van der Waals surface area contributed by atoms with Crippen molar-refractivity contribution >= 4 is 13.4 Å². The first kappa shape index (κ1) is 23.1. The van der Waals surface area contributed by atoms with Crippen LogP contribution in [-0.4, -0.2) is 25.7 Å². The van der Waals surface area contributed by atoms with Gasteiger partial charge in [-0.2, -0.15) is 0 Å². The molecule has 1 rings (SSSR count). The highest BCUT2D eigenvalue weighted by atomic mass is 31.2. The molecule has 2 unspecified atom stereocenters. The molecule has 26 heavy (non-hydrogen) atoms. The molecule has 0 N–H and O–H groups in total. The number of rotatable bonds is 13. The van der Waals surface area contributed by atoms with Gasteiger partial charge in [-0.1, -0.05) is 51.5 Å². The van der Waals surface area contributed by atoms with Gasteiger partial charge in [0.2, 0.25) is 0 Å². The van der Waals surface area contributed by atoms with Crippen LogP contribution < -0.4 is 0 Å². The van der Waals surface area contributed by atoms with E-state index in [0.29, 0.717) is 25.6 Å². The lowest BCUT2D eigenvalue weighted by Gasteiger charge is -2.13. The van der Waals surface area contributed by atoms with E-state index >= 15 is 0 Å². The van der Waals surface area contributed by atoms with Gasteiger partial charge >= 0.3 is 7.60 Å². The number of hydrogen-bond acceptors (Lipinski definition) is 4. The van der Waals surface area contributed by atoms with Gasteiger partial charge in [0.15, 0.2) is 0 Å². The predicted octanol–water partition coefficient (Wildman–Crippen LogP) is 5.99. The number of Topliss-reactive ketones (excluding diaryl/α,β-unsaturated/α-hetero) is 1. The van der Waals surface area contributed by atoms with Crippen molar-refractivity contribution in [2.45, 2.75) is 65.7 Å². The highest BCUT2D eigenvalue weighted by molar-refractivity contribution is 7.52. The van der Waals surface area contributed by atoms with Crippen LogP contribution >= 0.6 is 7.60 Å². The average molecular weight is 382 g/mol. The quantitative estimate of drug-likeness (QED) is 0.310. The molecule has 0 saturated heterocycles. The van der Waals surface area contributed by atoms with E-state index in [-0.39, 0.29) is 11.7 Å². The SMILES string of the molecule is CCOP(C)(=O)OCCCCCC(=O)C(C)c1ccc(CC(C)C)cc1. The van der Waals surface area contributed by atoms with E-state index in [4.69, 9.17) is 9.05 Å². The molecule has 0 aliphatic rings. The highest BCUT2D eigenvalue weighted by Crippen LogP contribution is 2.43. The Morgan fingerprint density at radius 3 is 2.27 bits per heavy atom. The molecule has 0 aliphatic carbocycles. The lowest BCUT2D eigenvalue weighted by molar-refractivity contribution is -0.120. The molecule has 0 saturated carbocycles. The third-order valence-corrected chi connectivity index (χ3v) is 5.74. The highest BCUT2D eigenvalue weighted by Gasteiger charge is 2.16. The third kappa shape index (κ3) is 9.12. The molecule has 5 heteroatoms. The number of benzene rings is 1. The molecule has 148 valence electrons. The average Bonchev–Trinajstić information content (AvgIpc) is 2.57. The van der Waals surface area contributed by atoms with E-state index < -0.39 is 7.60 Å². The standard InChI is InChI=1S/C21H35O4P/c1-6-24-26(5,23)25-15-9-7-8-10-21(22)18(4)20-13-11-19(12-14-20)16-17(2)3/h11-14,17-18H,6-10,15-16H2,1-5H3. The summed E-state index contributed by atoms with van der Waals surface area (Å²) in [6.07, 6.45) is 4.15. The molecule has 0 bridgehead atoms. The predicted molar refractivity (Wildman–Crippen MR) is 108 cm³/mol. The maximum Gasteiger partial charge on any atom is 0.327 e. The number of unbranched alkanes of at least 4 members (excludes halogenated alkanes) is 2. The maximum absolute atomic E-state index is 12.4. The number of carbonyl (C=O) groups is 1. The third-order valence-electron chi connectivity index (χ3n) is 4.36. The van der Waals surface area contributed by atoms with Crippen molar-refractivity contribution in [3.05, 3.63) is 35.4 Å². The zero-order valence-electron chi connectivity index (χ0n) is 17.0. The molecule has 0 aromatic heterocycles. The molecule has 0 radical (unpaired) electrons. The molecular weight excluding hydrogens is 347 g/mol. The van der Waals surface area contributed by atoms with Crippen LogP contribution in [0.3, 0.4) is 0 Å². The number of ketones is 1. The van der Waals surface area contributed by atoms with Gasteiger partial charge < -0.3 is 9.05 Å². The summed E-state index contributed by atoms with van der Waals surface area (Å²) in [4.78, 5) is 12.4. The van der Waals surface area contributed by atoms with Crippen LogP contribution in [0, 0.1) is 5.92 Å². The van der Waals surface area contributed by atoms with Crippen molar-refractivity contribution < 1.29 is 18.4 Å². The van der Waals surface area contributed by atoms with Crippen molar-refractivity contribution in [1.82, 2.24) is 0 Å².